The van der Waals surface area contributed by atoms with E-state index < -0.39 is 0 Å². The number of nitrogens with zero attached hydrogens (tertiary/aromatic N) is 1. The molecular weight excluding hydrogens is 306 g/mol. The van der Waals surface area contributed by atoms with E-state index in [2.05, 4.69) is 27.4 Å². The predicted octanol–water partition coefficient (Wildman–Crippen LogP) is 2.30. The second-order valence-corrected chi connectivity index (χ2v) is 6.00. The highest BCUT2D eigenvalue weighted by Gasteiger charge is 2.20. The molecule has 0 bridgehead atoms. The van der Waals surface area contributed by atoms with Crippen LogP contribution in [0.15, 0.2) is 29.9 Å². The summed E-state index contributed by atoms with van der Waals surface area (Å²) < 4.78 is 0. The first-order valence-electron chi connectivity index (χ1n) is 6.24. The van der Waals surface area contributed by atoms with E-state index >= 15 is 0 Å². The Hall–Kier alpha value is -1.93. The van der Waals surface area contributed by atoms with Crippen LogP contribution in [0.1, 0.15) is 15.2 Å². The van der Waals surface area contributed by atoms with Crippen molar-refractivity contribution in [2.45, 2.75) is 11.4 Å². The first-order chi connectivity index (χ1) is 10.2. The number of hydrogen-bond donors (Lipinski definition) is 4. The number of carbonyl (C=O) groups excluding carboxylic acids is 1. The van der Waals surface area contributed by atoms with E-state index in [9.17, 15) is 4.79 Å². The molecule has 0 radical (unpaired) electrons. The molecule has 1 amide bonds. The monoisotopic (exact) mass is 323 g/mol. The Morgan fingerprint density at radius 1 is 1.67 bits per heavy atom. The van der Waals surface area contributed by atoms with Crippen molar-refractivity contribution in [3.05, 3.63) is 35.5 Å². The summed E-state index contributed by atoms with van der Waals surface area (Å²) >= 11 is 2.88. The van der Waals surface area contributed by atoms with Crippen LogP contribution in [0.25, 0.3) is 0 Å². The normalized spacial score (nSPS) is 10.3. The molecule has 0 aromatic carbocycles. The maximum absolute atomic E-state index is 12.1. The van der Waals surface area contributed by atoms with Crippen molar-refractivity contribution in [3.8, 4) is 0 Å². The number of hydrogen-bond acceptors (Lipinski definition) is 6. The predicted molar refractivity (Wildman–Crippen MR) is 89.0 cm³/mol. The van der Waals surface area contributed by atoms with E-state index in [1.165, 1.54) is 23.1 Å². The SMILES string of the molecule is C=CCNC(=O)c1sc(NCc2cn[nH]c2)c(SC)c1N. The number of nitrogens with one attached hydrogen (secondary N) is 3. The second kappa shape index (κ2) is 7.19. The van der Waals surface area contributed by atoms with Crippen LogP contribution < -0.4 is 16.4 Å². The van der Waals surface area contributed by atoms with Crippen LogP contribution in [0.4, 0.5) is 10.7 Å². The van der Waals surface area contributed by atoms with Gasteiger partial charge < -0.3 is 16.4 Å². The zero-order chi connectivity index (χ0) is 15.2. The Balaban J connectivity index is 2.16. The molecule has 2 aromatic heterocycles. The molecule has 0 aliphatic rings. The van der Waals surface area contributed by atoms with Gasteiger partial charge in [-0.1, -0.05) is 6.08 Å². The Morgan fingerprint density at radius 2 is 2.48 bits per heavy atom. The number of aromatic amines is 1. The minimum absolute atomic E-state index is 0.177. The molecule has 2 aromatic rings. The third-order valence-electron chi connectivity index (χ3n) is 2.72. The lowest BCUT2D eigenvalue weighted by molar-refractivity contribution is 0.0963. The average Bonchev–Trinajstić information content (AvgIpc) is 3.10. The average molecular weight is 323 g/mol. The third kappa shape index (κ3) is 3.59. The Kier molecular flexibility index (Phi) is 5.29. The van der Waals surface area contributed by atoms with Crippen molar-refractivity contribution in [3.63, 3.8) is 0 Å². The quantitative estimate of drug-likeness (QED) is 0.463. The van der Waals surface area contributed by atoms with Gasteiger partial charge in [-0.25, -0.2) is 0 Å². The molecule has 0 aliphatic heterocycles. The van der Waals surface area contributed by atoms with Crippen molar-refractivity contribution in [1.29, 1.82) is 0 Å². The summed E-state index contributed by atoms with van der Waals surface area (Å²) in [5.41, 5.74) is 7.63. The molecule has 0 aliphatic carbocycles. The van der Waals surface area contributed by atoms with Crippen molar-refractivity contribution in [2.75, 3.05) is 23.9 Å². The van der Waals surface area contributed by atoms with Crippen LogP contribution in [-0.2, 0) is 6.54 Å². The number of H-pyrrole nitrogens is 1. The lowest BCUT2D eigenvalue weighted by Gasteiger charge is -2.04. The number of thioether (sulfide) groups is 1. The summed E-state index contributed by atoms with van der Waals surface area (Å²) in [7, 11) is 0. The van der Waals surface area contributed by atoms with Crippen molar-refractivity contribution < 1.29 is 4.79 Å². The van der Waals surface area contributed by atoms with E-state index in [0.717, 1.165) is 15.5 Å². The minimum Gasteiger partial charge on any atom is -0.396 e. The van der Waals surface area contributed by atoms with Crippen LogP contribution in [0.3, 0.4) is 0 Å². The molecule has 21 heavy (non-hydrogen) atoms. The summed E-state index contributed by atoms with van der Waals surface area (Å²) in [4.78, 5) is 13.5. The fourth-order valence-electron chi connectivity index (χ4n) is 1.72. The molecule has 0 unspecified atom stereocenters. The van der Waals surface area contributed by atoms with E-state index in [0.29, 0.717) is 23.7 Å². The smallest absolute Gasteiger partial charge is 0.263 e. The number of nitrogen functional groups attached to an aromatic ring is 1. The largest absolute Gasteiger partial charge is 0.396 e. The molecule has 0 atom stereocenters. The van der Waals surface area contributed by atoms with E-state index in [1.807, 2.05) is 12.5 Å². The Morgan fingerprint density at radius 3 is 3.10 bits per heavy atom. The zero-order valence-corrected chi connectivity index (χ0v) is 13.2. The molecule has 0 spiro atoms. The number of rotatable bonds is 7. The molecule has 0 saturated carbocycles. The first-order valence-corrected chi connectivity index (χ1v) is 8.28. The van der Waals surface area contributed by atoms with Gasteiger partial charge in [-0.15, -0.1) is 29.7 Å². The minimum atomic E-state index is -0.177. The topological polar surface area (TPSA) is 95.8 Å². The van der Waals surface area contributed by atoms with E-state index in [1.54, 1.807) is 12.3 Å². The van der Waals surface area contributed by atoms with Gasteiger partial charge in [0, 0.05) is 24.8 Å². The van der Waals surface area contributed by atoms with Crippen LogP contribution in [0, 0.1) is 0 Å². The highest BCUT2D eigenvalue weighted by atomic mass is 32.2. The summed E-state index contributed by atoms with van der Waals surface area (Å²) in [6.45, 7) is 4.62. The van der Waals surface area contributed by atoms with E-state index in [-0.39, 0.29) is 5.91 Å². The maximum Gasteiger partial charge on any atom is 0.263 e. The van der Waals surface area contributed by atoms with Crippen LogP contribution in [0.2, 0.25) is 0 Å². The van der Waals surface area contributed by atoms with E-state index in [4.69, 9.17) is 5.73 Å². The number of aromatic nitrogens is 2. The van der Waals surface area contributed by atoms with Gasteiger partial charge in [-0.3, -0.25) is 9.89 Å². The molecule has 2 heterocycles. The van der Waals surface area contributed by atoms with Crippen LogP contribution in [0.5, 0.6) is 0 Å². The third-order valence-corrected chi connectivity index (χ3v) is 4.85. The molecular formula is C13H17N5OS2. The summed E-state index contributed by atoms with van der Waals surface area (Å²) in [6, 6.07) is 0. The number of amides is 1. The van der Waals surface area contributed by atoms with Crippen molar-refractivity contribution in [2.24, 2.45) is 0 Å². The van der Waals surface area contributed by atoms with Gasteiger partial charge in [0.05, 0.1) is 16.8 Å². The zero-order valence-electron chi connectivity index (χ0n) is 11.6. The standard InChI is InChI=1S/C13H17N5OS2/c1-3-4-15-12(19)10-9(14)11(20-2)13(21-10)16-5-8-6-17-18-7-8/h3,6-7,16H,1,4-5,14H2,2H3,(H,15,19)(H,17,18). The molecule has 112 valence electrons. The summed E-state index contributed by atoms with van der Waals surface area (Å²) in [6.07, 6.45) is 7.14. The molecule has 8 heteroatoms. The molecule has 2 rings (SSSR count). The van der Waals surface area contributed by atoms with Crippen molar-refractivity contribution >= 4 is 39.7 Å². The highest BCUT2D eigenvalue weighted by molar-refractivity contribution is 7.99. The first kappa shape index (κ1) is 15.5. The second-order valence-electron chi connectivity index (χ2n) is 4.17. The van der Waals surface area contributed by atoms with Crippen LogP contribution in [-0.4, -0.2) is 28.9 Å². The summed E-state index contributed by atoms with van der Waals surface area (Å²) in [5.74, 6) is -0.177. The molecule has 5 N–H and O–H groups in total. The van der Waals surface area contributed by atoms with Gasteiger partial charge in [-0.05, 0) is 6.26 Å². The fourth-order valence-corrected chi connectivity index (χ4v) is 3.67. The van der Waals surface area contributed by atoms with Gasteiger partial charge in [0.1, 0.15) is 9.88 Å². The number of thiophene rings is 1. The van der Waals surface area contributed by atoms with Gasteiger partial charge in [-0.2, -0.15) is 5.10 Å². The van der Waals surface area contributed by atoms with Crippen LogP contribution >= 0.6 is 23.1 Å². The maximum atomic E-state index is 12.1. The van der Waals surface area contributed by atoms with Gasteiger partial charge in [0.25, 0.3) is 5.91 Å². The van der Waals surface area contributed by atoms with Gasteiger partial charge >= 0.3 is 0 Å². The fraction of sp³-hybridized carbons (Fsp3) is 0.231. The van der Waals surface area contributed by atoms with Crippen molar-refractivity contribution in [1.82, 2.24) is 15.5 Å². The molecule has 0 saturated heterocycles. The lowest BCUT2D eigenvalue weighted by atomic mass is 10.3. The highest BCUT2D eigenvalue weighted by Crippen LogP contribution is 2.41. The van der Waals surface area contributed by atoms with Gasteiger partial charge in [0.15, 0.2) is 0 Å². The Labute approximate surface area is 131 Å². The molecule has 6 nitrogen and oxygen atoms in total. The number of nitrogens with two attached hydrogens (primary N) is 1. The Bertz CT molecular complexity index is 621. The van der Waals surface area contributed by atoms with Gasteiger partial charge in [0.2, 0.25) is 0 Å². The summed E-state index contributed by atoms with van der Waals surface area (Å²) in [5, 5.41) is 13.6. The number of carbonyl (C=O) groups is 1. The number of anilines is 2. The lowest BCUT2D eigenvalue weighted by Crippen LogP contribution is -2.23. The molecule has 0 fully saturated rings.